The van der Waals surface area contributed by atoms with Gasteiger partial charge < -0.3 is 19.8 Å². The highest BCUT2D eigenvalue weighted by molar-refractivity contribution is 5.97. The number of oxazole rings is 1. The maximum absolute atomic E-state index is 13.3. The van der Waals surface area contributed by atoms with E-state index in [4.69, 9.17) is 9.15 Å². The Labute approximate surface area is 175 Å². The van der Waals surface area contributed by atoms with E-state index in [-0.39, 0.29) is 24.0 Å². The van der Waals surface area contributed by atoms with E-state index in [0.717, 1.165) is 29.1 Å². The molecule has 0 radical (unpaired) electrons. The molecule has 2 N–H and O–H groups in total. The number of aromatic nitrogens is 1. The molecular formula is C23H26FN3O3. The fraction of sp³-hybridized carbons (Fsp3) is 0.391. The van der Waals surface area contributed by atoms with E-state index in [9.17, 15) is 9.18 Å². The third-order valence-electron chi connectivity index (χ3n) is 5.22. The summed E-state index contributed by atoms with van der Waals surface area (Å²) in [7, 11) is 0. The lowest BCUT2D eigenvalue weighted by Crippen LogP contribution is -2.25. The van der Waals surface area contributed by atoms with Crippen LogP contribution in [0.4, 0.5) is 4.39 Å². The van der Waals surface area contributed by atoms with Gasteiger partial charge in [0.15, 0.2) is 17.8 Å². The maximum atomic E-state index is 13.3. The molecule has 0 saturated heterocycles. The van der Waals surface area contributed by atoms with Crippen LogP contribution in [0.2, 0.25) is 0 Å². The molecule has 6 nitrogen and oxygen atoms in total. The van der Waals surface area contributed by atoms with Crippen LogP contribution in [0.25, 0.3) is 11.3 Å². The Hall–Kier alpha value is -3.09. The number of nitrogens with zero attached hydrogens (tertiary/aromatic N) is 1. The monoisotopic (exact) mass is 411 g/mol. The zero-order chi connectivity index (χ0) is 20.9. The van der Waals surface area contributed by atoms with Crippen molar-refractivity contribution in [1.29, 1.82) is 0 Å². The molecule has 1 fully saturated rings. The van der Waals surface area contributed by atoms with Crippen LogP contribution in [0.3, 0.4) is 0 Å². The summed E-state index contributed by atoms with van der Waals surface area (Å²) in [6.45, 7) is 3.44. The molecule has 1 aromatic heterocycles. The Morgan fingerprint density at radius 3 is 3.03 bits per heavy atom. The zero-order valence-corrected chi connectivity index (χ0v) is 17.0. The first-order valence-electron chi connectivity index (χ1n) is 10.3. The summed E-state index contributed by atoms with van der Waals surface area (Å²) in [5, 5.41) is 5.75. The van der Waals surface area contributed by atoms with Gasteiger partial charge in [-0.05, 0) is 73.9 Å². The molecule has 1 aliphatic carbocycles. The standard InChI is InChI=1S/C23H26FN3O3/c1-15-9-18(6-7-20(15)29-13-16-4-5-16)22-21(27-14-30-22)23(28)26-8-2-3-17-10-19(24)12-25-11-17/h6-7,9-11,14,16,25H,2-5,8,12-13H2,1H3,(H,26,28). The number of dihydropyridines is 1. The Kier molecular flexibility index (Phi) is 6.16. The molecule has 30 heavy (non-hydrogen) atoms. The van der Waals surface area contributed by atoms with E-state index in [1.165, 1.54) is 25.3 Å². The summed E-state index contributed by atoms with van der Waals surface area (Å²) in [5.41, 5.74) is 2.92. The van der Waals surface area contributed by atoms with Crippen molar-refractivity contribution in [1.82, 2.24) is 15.6 Å². The van der Waals surface area contributed by atoms with Gasteiger partial charge in [-0.2, -0.15) is 0 Å². The topological polar surface area (TPSA) is 76.4 Å². The summed E-state index contributed by atoms with van der Waals surface area (Å²) in [6.07, 6.45) is 8.49. The number of benzene rings is 1. The van der Waals surface area contributed by atoms with Crippen molar-refractivity contribution in [2.24, 2.45) is 5.92 Å². The van der Waals surface area contributed by atoms with E-state index < -0.39 is 0 Å². The van der Waals surface area contributed by atoms with Gasteiger partial charge in [0.05, 0.1) is 13.2 Å². The third kappa shape index (κ3) is 5.09. The van der Waals surface area contributed by atoms with Crippen LogP contribution in [0.15, 0.2) is 52.7 Å². The van der Waals surface area contributed by atoms with Crippen molar-refractivity contribution in [2.75, 3.05) is 19.7 Å². The number of rotatable bonds is 9. The minimum absolute atomic E-state index is 0.178. The van der Waals surface area contributed by atoms with Gasteiger partial charge >= 0.3 is 0 Å². The molecule has 7 heteroatoms. The average Bonchev–Trinajstić information content (AvgIpc) is 3.43. The predicted molar refractivity (Wildman–Crippen MR) is 112 cm³/mol. The molecule has 0 bridgehead atoms. The molecule has 4 rings (SSSR count). The van der Waals surface area contributed by atoms with Gasteiger partial charge in [-0.25, -0.2) is 9.37 Å². The fourth-order valence-corrected chi connectivity index (χ4v) is 3.35. The van der Waals surface area contributed by atoms with Crippen LogP contribution >= 0.6 is 0 Å². The largest absolute Gasteiger partial charge is 0.493 e. The van der Waals surface area contributed by atoms with Gasteiger partial charge in [0, 0.05) is 18.3 Å². The second kappa shape index (κ2) is 9.15. The molecule has 158 valence electrons. The van der Waals surface area contributed by atoms with Crippen LogP contribution in [-0.2, 0) is 0 Å². The van der Waals surface area contributed by atoms with Crippen molar-refractivity contribution in [3.63, 3.8) is 0 Å². The summed E-state index contributed by atoms with van der Waals surface area (Å²) in [4.78, 5) is 16.7. The number of aryl methyl sites for hydroxylation is 1. The highest BCUT2D eigenvalue weighted by Gasteiger charge is 2.23. The quantitative estimate of drug-likeness (QED) is 0.602. The van der Waals surface area contributed by atoms with E-state index in [2.05, 4.69) is 15.6 Å². The fourth-order valence-electron chi connectivity index (χ4n) is 3.35. The number of halogens is 1. The Morgan fingerprint density at radius 2 is 2.27 bits per heavy atom. The summed E-state index contributed by atoms with van der Waals surface area (Å²) in [6, 6.07) is 5.74. The lowest BCUT2D eigenvalue weighted by molar-refractivity contribution is 0.0949. The first kappa shape index (κ1) is 20.2. The molecule has 2 aliphatic rings. The molecule has 2 heterocycles. The van der Waals surface area contributed by atoms with Gasteiger partial charge in [0.2, 0.25) is 0 Å². The van der Waals surface area contributed by atoms with Crippen molar-refractivity contribution in [3.05, 3.63) is 59.5 Å². The number of nitrogens with one attached hydrogen (secondary N) is 2. The number of allylic oxidation sites excluding steroid dienone is 2. The van der Waals surface area contributed by atoms with E-state index in [1.807, 2.05) is 25.1 Å². The van der Waals surface area contributed by atoms with Crippen LogP contribution in [0.1, 0.15) is 41.7 Å². The first-order chi connectivity index (χ1) is 14.6. The smallest absolute Gasteiger partial charge is 0.273 e. The van der Waals surface area contributed by atoms with Gasteiger partial charge in [0.1, 0.15) is 11.6 Å². The molecule has 1 saturated carbocycles. The third-order valence-corrected chi connectivity index (χ3v) is 5.22. The van der Waals surface area contributed by atoms with Gasteiger partial charge in [-0.3, -0.25) is 4.79 Å². The lowest BCUT2D eigenvalue weighted by atomic mass is 10.1. The number of amides is 1. The Morgan fingerprint density at radius 1 is 1.40 bits per heavy atom. The average molecular weight is 411 g/mol. The molecule has 0 spiro atoms. The molecule has 0 unspecified atom stereocenters. The van der Waals surface area contributed by atoms with Crippen molar-refractivity contribution in [3.8, 4) is 17.1 Å². The number of ether oxygens (including phenoxy) is 1. The highest BCUT2D eigenvalue weighted by Crippen LogP contribution is 2.32. The van der Waals surface area contributed by atoms with Crippen LogP contribution in [-0.4, -0.2) is 30.6 Å². The second-order valence-electron chi connectivity index (χ2n) is 7.82. The van der Waals surface area contributed by atoms with Gasteiger partial charge in [-0.1, -0.05) is 0 Å². The van der Waals surface area contributed by atoms with Crippen molar-refractivity contribution >= 4 is 5.91 Å². The Bertz CT molecular complexity index is 976. The summed E-state index contributed by atoms with van der Waals surface area (Å²) < 4.78 is 24.6. The maximum Gasteiger partial charge on any atom is 0.273 e. The van der Waals surface area contributed by atoms with Crippen LogP contribution < -0.4 is 15.4 Å². The second-order valence-corrected chi connectivity index (χ2v) is 7.82. The molecular weight excluding hydrogens is 385 g/mol. The molecule has 2 aromatic rings. The Balaban J connectivity index is 1.33. The van der Waals surface area contributed by atoms with Gasteiger partial charge in [-0.15, -0.1) is 0 Å². The van der Waals surface area contributed by atoms with E-state index in [1.54, 1.807) is 6.20 Å². The minimum atomic E-state index is -0.289. The normalized spacial score (nSPS) is 15.8. The summed E-state index contributed by atoms with van der Waals surface area (Å²) in [5.74, 6) is 1.52. The molecule has 1 aliphatic heterocycles. The van der Waals surface area contributed by atoms with E-state index >= 15 is 0 Å². The predicted octanol–water partition coefficient (Wildman–Crippen LogP) is 4.29. The number of carbonyl (C=O) groups excluding carboxylic acids is 1. The number of hydrogen-bond acceptors (Lipinski definition) is 5. The molecule has 0 atom stereocenters. The SMILES string of the molecule is Cc1cc(-c2ocnc2C(=O)NCCCC2=CNCC(F)=C2)ccc1OCC1CC1. The zero-order valence-electron chi connectivity index (χ0n) is 17.0. The van der Waals surface area contributed by atoms with E-state index in [0.29, 0.717) is 31.1 Å². The minimum Gasteiger partial charge on any atom is -0.493 e. The van der Waals surface area contributed by atoms with Crippen molar-refractivity contribution < 1.29 is 18.3 Å². The van der Waals surface area contributed by atoms with Crippen molar-refractivity contribution in [2.45, 2.75) is 32.6 Å². The first-order valence-corrected chi connectivity index (χ1v) is 10.3. The van der Waals surface area contributed by atoms with Gasteiger partial charge in [0.25, 0.3) is 5.91 Å². The molecule has 1 amide bonds. The lowest BCUT2D eigenvalue weighted by Gasteiger charge is -2.11. The van der Waals surface area contributed by atoms with Crippen LogP contribution in [0.5, 0.6) is 5.75 Å². The van der Waals surface area contributed by atoms with Crippen LogP contribution in [0, 0.1) is 12.8 Å². The number of carbonyl (C=O) groups is 1. The molecule has 1 aromatic carbocycles. The number of hydrogen-bond donors (Lipinski definition) is 2. The highest BCUT2D eigenvalue weighted by atomic mass is 19.1. The summed E-state index contributed by atoms with van der Waals surface area (Å²) >= 11 is 0.